The smallest absolute Gasteiger partial charge is 0.310 e. The number of ketones is 1. The van der Waals surface area contributed by atoms with E-state index in [1.54, 1.807) is 25.2 Å². The number of carbonyl (C=O) groups is 3. The SMILES string of the molecule is C=C/C=C\CC1=C(C)[C@@H](OC(=O)[C@H]2[C@@H](/C=C(\C)OC(C)=O)C2(C)C)CC1=O. The van der Waals surface area contributed by atoms with Crippen molar-refractivity contribution in [2.24, 2.45) is 17.3 Å². The molecule has 0 amide bonds. The first-order valence-electron chi connectivity index (χ1n) is 9.17. The van der Waals surface area contributed by atoms with Gasteiger partial charge in [0.25, 0.3) is 0 Å². The number of allylic oxidation sites excluding steroid dienone is 6. The highest BCUT2D eigenvalue weighted by atomic mass is 16.5. The molecule has 0 aromatic heterocycles. The van der Waals surface area contributed by atoms with Crippen molar-refractivity contribution in [2.45, 2.75) is 53.6 Å². The molecule has 0 unspecified atom stereocenters. The molecule has 2 aliphatic carbocycles. The normalized spacial score (nSPS) is 27.1. The fraction of sp³-hybridized carbons (Fsp3) is 0.500. The first-order chi connectivity index (χ1) is 12.6. The van der Waals surface area contributed by atoms with Gasteiger partial charge < -0.3 is 9.47 Å². The average Bonchev–Trinajstić information content (AvgIpc) is 2.98. The molecule has 0 saturated heterocycles. The third-order valence-corrected chi connectivity index (χ3v) is 5.40. The molecule has 0 aromatic carbocycles. The van der Waals surface area contributed by atoms with Gasteiger partial charge in [0.1, 0.15) is 11.9 Å². The minimum absolute atomic E-state index is 0.0243. The number of hydrogen-bond acceptors (Lipinski definition) is 5. The summed E-state index contributed by atoms with van der Waals surface area (Å²) >= 11 is 0. The number of Topliss-reactive ketones (excluding diaryl/α,β-unsaturated/α-hetero) is 1. The zero-order chi connectivity index (χ0) is 20.4. The predicted molar refractivity (Wildman–Crippen MR) is 102 cm³/mol. The Kier molecular flexibility index (Phi) is 6.24. The fourth-order valence-corrected chi connectivity index (χ4v) is 3.71. The summed E-state index contributed by atoms with van der Waals surface area (Å²) in [4.78, 5) is 36.0. The second kappa shape index (κ2) is 8.07. The highest BCUT2D eigenvalue weighted by molar-refractivity contribution is 6.00. The number of hydrogen-bond donors (Lipinski definition) is 0. The van der Waals surface area contributed by atoms with Crippen LogP contribution in [0.5, 0.6) is 0 Å². The van der Waals surface area contributed by atoms with Gasteiger partial charge in [0.2, 0.25) is 0 Å². The van der Waals surface area contributed by atoms with Gasteiger partial charge >= 0.3 is 11.9 Å². The summed E-state index contributed by atoms with van der Waals surface area (Å²) in [6.07, 6.45) is 7.36. The molecule has 2 aliphatic rings. The summed E-state index contributed by atoms with van der Waals surface area (Å²) in [6.45, 7) is 12.5. The van der Waals surface area contributed by atoms with Crippen LogP contribution in [-0.2, 0) is 23.9 Å². The van der Waals surface area contributed by atoms with Gasteiger partial charge in [0.05, 0.1) is 12.3 Å². The molecule has 0 aromatic rings. The summed E-state index contributed by atoms with van der Waals surface area (Å²) in [6, 6.07) is 0. The fourth-order valence-electron chi connectivity index (χ4n) is 3.71. The van der Waals surface area contributed by atoms with Crippen LogP contribution < -0.4 is 0 Å². The highest BCUT2D eigenvalue weighted by Crippen LogP contribution is 2.60. The van der Waals surface area contributed by atoms with E-state index in [1.807, 2.05) is 26.8 Å². The summed E-state index contributed by atoms with van der Waals surface area (Å²) in [7, 11) is 0. The van der Waals surface area contributed by atoms with Crippen molar-refractivity contribution in [1.82, 2.24) is 0 Å². The Morgan fingerprint density at radius 3 is 2.56 bits per heavy atom. The van der Waals surface area contributed by atoms with Crippen LogP contribution in [0.25, 0.3) is 0 Å². The van der Waals surface area contributed by atoms with Gasteiger partial charge in [-0.05, 0) is 37.3 Å². The van der Waals surface area contributed by atoms with Crippen molar-refractivity contribution in [1.29, 1.82) is 0 Å². The lowest BCUT2D eigenvalue weighted by Crippen LogP contribution is -2.20. The molecule has 3 atom stereocenters. The lowest BCUT2D eigenvalue weighted by molar-refractivity contribution is -0.150. The quantitative estimate of drug-likeness (QED) is 0.383. The molecule has 2 rings (SSSR count). The van der Waals surface area contributed by atoms with E-state index in [2.05, 4.69) is 6.58 Å². The van der Waals surface area contributed by atoms with E-state index in [1.165, 1.54) is 6.92 Å². The Bertz CT molecular complexity index is 751. The standard InChI is InChI=1S/C22H28O5/c1-7-8-9-10-16-14(3)19(12-18(16)24)27-21(25)20-17(22(20,5)6)11-13(2)26-15(4)23/h7-9,11,17,19-20H,1,10,12H2,2-6H3/b9-8-,13-11+/t17-,19+,20-/m1/s1. The van der Waals surface area contributed by atoms with Crippen molar-refractivity contribution >= 4 is 17.7 Å². The molecular weight excluding hydrogens is 344 g/mol. The molecule has 5 heteroatoms. The zero-order valence-electron chi connectivity index (χ0n) is 16.7. The largest absolute Gasteiger partial charge is 0.457 e. The van der Waals surface area contributed by atoms with Crippen molar-refractivity contribution in [3.63, 3.8) is 0 Å². The third-order valence-electron chi connectivity index (χ3n) is 5.40. The first-order valence-corrected chi connectivity index (χ1v) is 9.17. The summed E-state index contributed by atoms with van der Waals surface area (Å²) in [5, 5.41) is 0. The van der Waals surface area contributed by atoms with Gasteiger partial charge in [0, 0.05) is 18.4 Å². The summed E-state index contributed by atoms with van der Waals surface area (Å²) in [5.41, 5.74) is 1.26. The molecule has 27 heavy (non-hydrogen) atoms. The third kappa shape index (κ3) is 4.65. The molecule has 0 heterocycles. The number of rotatable bonds is 7. The van der Waals surface area contributed by atoms with Crippen LogP contribution >= 0.6 is 0 Å². The molecule has 5 nitrogen and oxygen atoms in total. The Morgan fingerprint density at radius 1 is 1.30 bits per heavy atom. The van der Waals surface area contributed by atoms with Crippen LogP contribution in [0, 0.1) is 17.3 Å². The van der Waals surface area contributed by atoms with E-state index in [4.69, 9.17) is 9.47 Å². The Hall–Kier alpha value is -2.43. The molecule has 1 fully saturated rings. The van der Waals surface area contributed by atoms with Crippen LogP contribution in [0.1, 0.15) is 47.5 Å². The highest BCUT2D eigenvalue weighted by Gasteiger charge is 2.62. The Labute approximate surface area is 160 Å². The minimum Gasteiger partial charge on any atom is -0.457 e. The van der Waals surface area contributed by atoms with Gasteiger partial charge in [0.15, 0.2) is 5.78 Å². The molecule has 0 N–H and O–H groups in total. The maximum absolute atomic E-state index is 12.7. The maximum Gasteiger partial charge on any atom is 0.310 e. The second-order valence-corrected chi connectivity index (χ2v) is 7.78. The monoisotopic (exact) mass is 372 g/mol. The van der Waals surface area contributed by atoms with Gasteiger partial charge in [-0.2, -0.15) is 0 Å². The molecule has 0 spiro atoms. The van der Waals surface area contributed by atoms with Crippen LogP contribution in [-0.4, -0.2) is 23.8 Å². The lowest BCUT2D eigenvalue weighted by Gasteiger charge is -2.13. The van der Waals surface area contributed by atoms with E-state index in [9.17, 15) is 14.4 Å². The van der Waals surface area contributed by atoms with E-state index in [-0.39, 0.29) is 41.4 Å². The molecular formula is C22H28O5. The van der Waals surface area contributed by atoms with Gasteiger partial charge in [-0.25, -0.2) is 0 Å². The predicted octanol–water partition coefficient (Wildman–Crippen LogP) is 4.06. The van der Waals surface area contributed by atoms with Crippen LogP contribution in [0.3, 0.4) is 0 Å². The van der Waals surface area contributed by atoms with E-state index in [0.717, 1.165) is 5.57 Å². The second-order valence-electron chi connectivity index (χ2n) is 7.78. The number of ether oxygens (including phenoxy) is 2. The number of carbonyl (C=O) groups excluding carboxylic acids is 3. The van der Waals surface area contributed by atoms with Crippen LogP contribution in [0.2, 0.25) is 0 Å². The van der Waals surface area contributed by atoms with Crippen molar-refractivity contribution in [3.8, 4) is 0 Å². The molecule has 0 radical (unpaired) electrons. The van der Waals surface area contributed by atoms with Crippen molar-refractivity contribution in [3.05, 3.63) is 47.8 Å². The lowest BCUT2D eigenvalue weighted by atomic mass is 10.1. The maximum atomic E-state index is 12.7. The average molecular weight is 372 g/mol. The van der Waals surface area contributed by atoms with Gasteiger partial charge in [-0.15, -0.1) is 0 Å². The van der Waals surface area contributed by atoms with Crippen LogP contribution in [0.4, 0.5) is 0 Å². The zero-order valence-corrected chi connectivity index (χ0v) is 16.7. The van der Waals surface area contributed by atoms with Crippen LogP contribution in [0.15, 0.2) is 47.8 Å². The number of esters is 2. The van der Waals surface area contributed by atoms with Crippen molar-refractivity contribution < 1.29 is 23.9 Å². The molecule has 0 aliphatic heterocycles. The van der Waals surface area contributed by atoms with E-state index >= 15 is 0 Å². The summed E-state index contributed by atoms with van der Waals surface area (Å²) < 4.78 is 10.7. The molecule has 0 bridgehead atoms. The summed E-state index contributed by atoms with van der Waals surface area (Å²) in [5.74, 6) is -0.548. The minimum atomic E-state index is -0.493. The first kappa shape index (κ1) is 20.9. The Balaban J connectivity index is 2.05. The molecule has 146 valence electrons. The topological polar surface area (TPSA) is 69.7 Å². The Morgan fingerprint density at radius 2 is 1.96 bits per heavy atom. The van der Waals surface area contributed by atoms with E-state index < -0.39 is 6.10 Å². The van der Waals surface area contributed by atoms with E-state index in [0.29, 0.717) is 17.8 Å². The molecule has 1 saturated carbocycles. The van der Waals surface area contributed by atoms with Gasteiger partial charge in [-0.3, -0.25) is 14.4 Å². The van der Waals surface area contributed by atoms with Gasteiger partial charge in [-0.1, -0.05) is 38.7 Å². The van der Waals surface area contributed by atoms with Crippen molar-refractivity contribution in [2.75, 3.05) is 0 Å².